The van der Waals surface area contributed by atoms with Crippen LogP contribution in [0, 0.1) is 0 Å². The molecule has 1 atom stereocenters. The van der Waals surface area contributed by atoms with Crippen molar-refractivity contribution in [3.63, 3.8) is 0 Å². The standard InChI is InChI=1S/C31H61NO4/c1-3-5-7-9-11-13-15-17-19-21-23-27-35-30(33)26-25-29(32)31(34)36-28-24-22-20-18-16-14-12-10-8-6-4-2/h29H,3-28,32H2,1-2H3. The number of unbranched alkanes of at least 4 members (excludes halogenated alkanes) is 20. The summed E-state index contributed by atoms with van der Waals surface area (Å²) in [5.41, 5.74) is 5.89. The van der Waals surface area contributed by atoms with Gasteiger partial charge in [0.15, 0.2) is 0 Å². The zero-order valence-corrected chi connectivity index (χ0v) is 24.2. The highest BCUT2D eigenvalue weighted by Gasteiger charge is 2.17. The van der Waals surface area contributed by atoms with Gasteiger partial charge in [0, 0.05) is 6.42 Å². The van der Waals surface area contributed by atoms with Crippen molar-refractivity contribution < 1.29 is 19.1 Å². The second kappa shape index (κ2) is 28.5. The van der Waals surface area contributed by atoms with Crippen LogP contribution >= 0.6 is 0 Å². The van der Waals surface area contributed by atoms with E-state index in [1.54, 1.807) is 0 Å². The lowest BCUT2D eigenvalue weighted by molar-refractivity contribution is -0.146. The largest absolute Gasteiger partial charge is 0.466 e. The molecule has 0 aromatic heterocycles. The van der Waals surface area contributed by atoms with Crippen LogP contribution in [-0.4, -0.2) is 31.2 Å². The fourth-order valence-corrected chi connectivity index (χ4v) is 4.46. The quantitative estimate of drug-likeness (QED) is 0.0838. The second-order valence-corrected chi connectivity index (χ2v) is 10.6. The summed E-state index contributed by atoms with van der Waals surface area (Å²) in [6, 6.07) is -0.743. The molecule has 0 saturated carbocycles. The Bertz CT molecular complexity index is 483. The first kappa shape index (κ1) is 34.9. The van der Waals surface area contributed by atoms with E-state index in [0.717, 1.165) is 25.7 Å². The van der Waals surface area contributed by atoms with Gasteiger partial charge in [0.2, 0.25) is 0 Å². The monoisotopic (exact) mass is 511 g/mol. The maximum absolute atomic E-state index is 12.0. The van der Waals surface area contributed by atoms with E-state index in [9.17, 15) is 9.59 Å². The van der Waals surface area contributed by atoms with Crippen LogP contribution in [0.15, 0.2) is 0 Å². The number of hydrogen-bond donors (Lipinski definition) is 1. The Labute approximate surface area is 224 Å². The van der Waals surface area contributed by atoms with Gasteiger partial charge in [-0.15, -0.1) is 0 Å². The molecule has 2 N–H and O–H groups in total. The van der Waals surface area contributed by atoms with Gasteiger partial charge in [0.25, 0.3) is 0 Å². The molecule has 0 aromatic carbocycles. The molecule has 0 aliphatic rings. The van der Waals surface area contributed by atoms with E-state index < -0.39 is 12.0 Å². The third kappa shape index (κ3) is 26.0. The molecule has 214 valence electrons. The summed E-state index contributed by atoms with van der Waals surface area (Å²) in [6.07, 6.45) is 28.3. The predicted octanol–water partition coefficient (Wildman–Crippen LogP) is 8.80. The van der Waals surface area contributed by atoms with Crippen LogP contribution in [0.5, 0.6) is 0 Å². The smallest absolute Gasteiger partial charge is 0.322 e. The van der Waals surface area contributed by atoms with Gasteiger partial charge in [-0.05, 0) is 19.3 Å². The Morgan fingerprint density at radius 2 is 0.861 bits per heavy atom. The molecule has 0 radical (unpaired) electrons. The van der Waals surface area contributed by atoms with E-state index >= 15 is 0 Å². The number of carbonyl (C=O) groups is 2. The molecule has 36 heavy (non-hydrogen) atoms. The molecule has 0 heterocycles. The van der Waals surface area contributed by atoms with Gasteiger partial charge in [-0.1, -0.05) is 142 Å². The lowest BCUT2D eigenvalue weighted by Gasteiger charge is -2.11. The molecule has 0 saturated heterocycles. The Balaban J connectivity index is 3.43. The number of rotatable bonds is 28. The van der Waals surface area contributed by atoms with E-state index in [2.05, 4.69) is 13.8 Å². The minimum absolute atomic E-state index is 0.173. The van der Waals surface area contributed by atoms with Gasteiger partial charge in [-0.25, -0.2) is 0 Å². The fraction of sp³-hybridized carbons (Fsp3) is 0.935. The number of ether oxygens (including phenoxy) is 2. The maximum Gasteiger partial charge on any atom is 0.322 e. The first-order chi connectivity index (χ1) is 17.6. The van der Waals surface area contributed by atoms with Crippen molar-refractivity contribution in [1.29, 1.82) is 0 Å². The molecular weight excluding hydrogens is 450 g/mol. The Morgan fingerprint density at radius 1 is 0.528 bits per heavy atom. The van der Waals surface area contributed by atoms with Gasteiger partial charge < -0.3 is 15.2 Å². The first-order valence-electron chi connectivity index (χ1n) is 15.7. The van der Waals surface area contributed by atoms with Crippen LogP contribution in [0.2, 0.25) is 0 Å². The fourth-order valence-electron chi connectivity index (χ4n) is 4.46. The molecule has 1 unspecified atom stereocenters. The van der Waals surface area contributed by atoms with Gasteiger partial charge in [0.05, 0.1) is 13.2 Å². The summed E-state index contributed by atoms with van der Waals surface area (Å²) in [6.45, 7) is 5.40. The molecule has 0 aromatic rings. The van der Waals surface area contributed by atoms with Gasteiger partial charge in [0.1, 0.15) is 6.04 Å². The van der Waals surface area contributed by atoms with Crippen LogP contribution in [0.3, 0.4) is 0 Å². The van der Waals surface area contributed by atoms with Crippen LogP contribution < -0.4 is 5.73 Å². The molecule has 0 fully saturated rings. The predicted molar refractivity (Wildman–Crippen MR) is 152 cm³/mol. The number of hydrogen-bond acceptors (Lipinski definition) is 5. The first-order valence-corrected chi connectivity index (χ1v) is 15.7. The second-order valence-electron chi connectivity index (χ2n) is 10.6. The Kier molecular flexibility index (Phi) is 27.6. The maximum atomic E-state index is 12.0. The molecule has 0 bridgehead atoms. The van der Waals surface area contributed by atoms with Crippen LogP contribution in [-0.2, 0) is 19.1 Å². The van der Waals surface area contributed by atoms with Gasteiger partial charge in [-0.2, -0.15) is 0 Å². The lowest BCUT2D eigenvalue weighted by Crippen LogP contribution is -2.33. The van der Waals surface area contributed by atoms with Crippen molar-refractivity contribution in [3.05, 3.63) is 0 Å². The zero-order chi connectivity index (χ0) is 26.5. The van der Waals surface area contributed by atoms with Crippen molar-refractivity contribution in [2.24, 2.45) is 5.73 Å². The SMILES string of the molecule is CCCCCCCCCCCCCOC(=O)CCC(N)C(=O)OCCCCCCCCCCCCC. The van der Waals surface area contributed by atoms with E-state index in [0.29, 0.717) is 13.2 Å². The van der Waals surface area contributed by atoms with E-state index in [1.807, 2.05) is 0 Å². The summed E-state index contributed by atoms with van der Waals surface area (Å²) >= 11 is 0. The number of nitrogens with two attached hydrogens (primary N) is 1. The average molecular weight is 512 g/mol. The number of carbonyl (C=O) groups excluding carboxylic acids is 2. The Hall–Kier alpha value is -1.10. The number of esters is 2. The highest BCUT2D eigenvalue weighted by Crippen LogP contribution is 2.13. The van der Waals surface area contributed by atoms with Crippen LogP contribution in [0.4, 0.5) is 0 Å². The van der Waals surface area contributed by atoms with Crippen molar-refractivity contribution in [2.75, 3.05) is 13.2 Å². The summed E-state index contributed by atoms with van der Waals surface area (Å²) < 4.78 is 10.6. The molecule has 0 amide bonds. The van der Waals surface area contributed by atoms with Crippen molar-refractivity contribution in [2.45, 2.75) is 174 Å². The normalized spacial score (nSPS) is 12.0. The minimum Gasteiger partial charge on any atom is -0.466 e. The molecule has 0 rings (SSSR count). The van der Waals surface area contributed by atoms with Gasteiger partial charge >= 0.3 is 11.9 Å². The van der Waals surface area contributed by atoms with Crippen molar-refractivity contribution in [3.8, 4) is 0 Å². The lowest BCUT2D eigenvalue weighted by atomic mass is 10.1. The summed E-state index contributed by atoms with van der Waals surface area (Å²) in [4.78, 5) is 23.9. The van der Waals surface area contributed by atoms with E-state index in [-0.39, 0.29) is 18.8 Å². The van der Waals surface area contributed by atoms with E-state index in [4.69, 9.17) is 15.2 Å². The minimum atomic E-state index is -0.743. The molecule has 0 aliphatic heterocycles. The molecule has 5 nitrogen and oxygen atoms in total. The third-order valence-corrected chi connectivity index (χ3v) is 6.97. The molecule has 0 spiro atoms. The average Bonchev–Trinajstić information content (AvgIpc) is 2.88. The summed E-state index contributed by atoms with van der Waals surface area (Å²) in [5.74, 6) is -0.670. The summed E-state index contributed by atoms with van der Waals surface area (Å²) in [5, 5.41) is 0. The van der Waals surface area contributed by atoms with Crippen molar-refractivity contribution >= 4 is 11.9 Å². The Morgan fingerprint density at radius 3 is 1.25 bits per heavy atom. The van der Waals surface area contributed by atoms with Gasteiger partial charge in [-0.3, -0.25) is 9.59 Å². The molecule has 5 heteroatoms. The van der Waals surface area contributed by atoms with E-state index in [1.165, 1.54) is 116 Å². The highest BCUT2D eigenvalue weighted by molar-refractivity contribution is 5.77. The topological polar surface area (TPSA) is 78.6 Å². The van der Waals surface area contributed by atoms with Crippen LogP contribution in [0.1, 0.15) is 168 Å². The summed E-state index contributed by atoms with van der Waals surface area (Å²) in [7, 11) is 0. The third-order valence-electron chi connectivity index (χ3n) is 6.97. The molecular formula is C31H61NO4. The zero-order valence-electron chi connectivity index (χ0n) is 24.2. The van der Waals surface area contributed by atoms with Crippen LogP contribution in [0.25, 0.3) is 0 Å². The molecule has 0 aliphatic carbocycles. The highest BCUT2D eigenvalue weighted by atomic mass is 16.5. The van der Waals surface area contributed by atoms with Crippen molar-refractivity contribution in [1.82, 2.24) is 0 Å².